The summed E-state index contributed by atoms with van der Waals surface area (Å²) in [7, 11) is 0. The number of esters is 1. The first-order valence-electron chi connectivity index (χ1n) is 8.07. The molecule has 0 aliphatic carbocycles. The molecule has 0 heterocycles. The van der Waals surface area contributed by atoms with Crippen molar-refractivity contribution in [2.75, 3.05) is 0 Å². The Labute approximate surface area is 142 Å². The van der Waals surface area contributed by atoms with Crippen LogP contribution in [0.4, 0.5) is 0 Å². The zero-order valence-electron chi connectivity index (χ0n) is 13.9. The lowest BCUT2D eigenvalue weighted by Gasteiger charge is -2.15. The average molecular weight is 316 g/mol. The van der Waals surface area contributed by atoms with Crippen molar-refractivity contribution in [1.82, 2.24) is 0 Å². The van der Waals surface area contributed by atoms with Crippen LogP contribution in [0.1, 0.15) is 34.5 Å². The molecule has 0 N–H and O–H groups in total. The van der Waals surface area contributed by atoms with Crippen LogP contribution in [-0.4, -0.2) is 5.97 Å². The summed E-state index contributed by atoms with van der Waals surface area (Å²) in [5.74, 6) is -0.285. The molecule has 0 saturated carbocycles. The van der Waals surface area contributed by atoms with Crippen LogP contribution in [0, 0.1) is 6.92 Å². The molecule has 0 spiro atoms. The van der Waals surface area contributed by atoms with Crippen molar-refractivity contribution in [1.29, 1.82) is 0 Å². The van der Waals surface area contributed by atoms with E-state index in [0.717, 1.165) is 16.7 Å². The molecule has 0 aliphatic heterocycles. The first-order valence-corrected chi connectivity index (χ1v) is 8.07. The molecule has 120 valence electrons. The third-order valence-electron chi connectivity index (χ3n) is 4.14. The topological polar surface area (TPSA) is 26.3 Å². The zero-order valence-corrected chi connectivity index (χ0v) is 13.9. The highest BCUT2D eigenvalue weighted by Crippen LogP contribution is 2.24. The SMILES string of the molecule is Cc1ccccc1C(=O)OC(C)c1ccc(-c2ccccc2)cc1. The minimum atomic E-state index is -0.290. The van der Waals surface area contributed by atoms with Gasteiger partial charge in [0.05, 0.1) is 5.56 Å². The van der Waals surface area contributed by atoms with Crippen molar-refractivity contribution < 1.29 is 9.53 Å². The van der Waals surface area contributed by atoms with Gasteiger partial charge in [-0.3, -0.25) is 0 Å². The predicted octanol–water partition coefficient (Wildman–Crippen LogP) is 5.58. The molecule has 1 unspecified atom stereocenters. The highest BCUT2D eigenvalue weighted by molar-refractivity contribution is 5.91. The first kappa shape index (κ1) is 16.0. The fourth-order valence-electron chi connectivity index (χ4n) is 2.67. The Morgan fingerprint density at radius 3 is 2.04 bits per heavy atom. The van der Waals surface area contributed by atoms with E-state index in [-0.39, 0.29) is 12.1 Å². The van der Waals surface area contributed by atoms with Gasteiger partial charge in [-0.15, -0.1) is 0 Å². The smallest absolute Gasteiger partial charge is 0.338 e. The zero-order chi connectivity index (χ0) is 16.9. The molecule has 3 aromatic rings. The molecule has 0 bridgehead atoms. The van der Waals surface area contributed by atoms with Gasteiger partial charge >= 0.3 is 5.97 Å². The quantitative estimate of drug-likeness (QED) is 0.587. The number of carbonyl (C=O) groups excluding carboxylic acids is 1. The summed E-state index contributed by atoms with van der Waals surface area (Å²) >= 11 is 0. The van der Waals surface area contributed by atoms with E-state index in [9.17, 15) is 4.79 Å². The summed E-state index contributed by atoms with van der Waals surface area (Å²) in [4.78, 5) is 12.3. The maximum absolute atomic E-state index is 12.3. The van der Waals surface area contributed by atoms with Gasteiger partial charge in [-0.25, -0.2) is 4.79 Å². The Hall–Kier alpha value is -2.87. The molecular weight excluding hydrogens is 296 g/mol. The fourth-order valence-corrected chi connectivity index (χ4v) is 2.67. The molecule has 0 amide bonds. The molecule has 0 fully saturated rings. The van der Waals surface area contributed by atoms with Crippen molar-refractivity contribution in [3.05, 3.63) is 95.6 Å². The van der Waals surface area contributed by atoms with Gasteiger partial charge in [0.2, 0.25) is 0 Å². The standard InChI is InChI=1S/C22H20O2/c1-16-8-6-7-11-21(16)22(23)24-17(2)18-12-14-20(15-13-18)19-9-4-3-5-10-19/h3-15,17H,1-2H3. The molecule has 3 aromatic carbocycles. The third kappa shape index (κ3) is 3.54. The summed E-state index contributed by atoms with van der Waals surface area (Å²) in [5, 5.41) is 0. The van der Waals surface area contributed by atoms with Crippen LogP contribution in [-0.2, 0) is 4.74 Å². The summed E-state index contributed by atoms with van der Waals surface area (Å²) in [6, 6.07) is 25.8. The minimum absolute atomic E-state index is 0.285. The van der Waals surface area contributed by atoms with Crippen LogP contribution < -0.4 is 0 Å². The normalized spacial score (nSPS) is 11.8. The summed E-state index contributed by atoms with van der Waals surface area (Å²) in [6.45, 7) is 3.81. The van der Waals surface area contributed by atoms with E-state index in [0.29, 0.717) is 5.56 Å². The molecule has 1 atom stereocenters. The monoisotopic (exact) mass is 316 g/mol. The average Bonchev–Trinajstić information content (AvgIpc) is 2.63. The molecule has 2 heteroatoms. The van der Waals surface area contributed by atoms with Crippen LogP contribution in [0.2, 0.25) is 0 Å². The van der Waals surface area contributed by atoms with Gasteiger partial charge in [-0.1, -0.05) is 72.8 Å². The van der Waals surface area contributed by atoms with E-state index in [4.69, 9.17) is 4.74 Å². The summed E-state index contributed by atoms with van der Waals surface area (Å²) < 4.78 is 5.61. The second-order valence-electron chi connectivity index (χ2n) is 5.85. The Morgan fingerprint density at radius 1 is 0.792 bits per heavy atom. The largest absolute Gasteiger partial charge is 0.454 e. The van der Waals surface area contributed by atoms with Crippen molar-refractivity contribution in [2.45, 2.75) is 20.0 Å². The molecule has 0 saturated heterocycles. The van der Waals surface area contributed by atoms with Crippen LogP contribution >= 0.6 is 0 Å². The molecule has 0 aromatic heterocycles. The second kappa shape index (κ2) is 7.14. The number of rotatable bonds is 4. The van der Waals surface area contributed by atoms with Gasteiger partial charge in [0.25, 0.3) is 0 Å². The van der Waals surface area contributed by atoms with Crippen LogP contribution in [0.5, 0.6) is 0 Å². The Balaban J connectivity index is 1.73. The van der Waals surface area contributed by atoms with Gasteiger partial charge in [0.15, 0.2) is 0 Å². The molecule has 24 heavy (non-hydrogen) atoms. The van der Waals surface area contributed by atoms with Gasteiger partial charge < -0.3 is 4.74 Å². The highest BCUT2D eigenvalue weighted by atomic mass is 16.5. The van der Waals surface area contributed by atoms with E-state index in [1.54, 1.807) is 6.07 Å². The van der Waals surface area contributed by atoms with Crippen LogP contribution in [0.3, 0.4) is 0 Å². The Kier molecular flexibility index (Phi) is 4.76. The van der Waals surface area contributed by atoms with Gasteiger partial charge in [0, 0.05) is 0 Å². The lowest BCUT2D eigenvalue weighted by molar-refractivity contribution is 0.0337. The van der Waals surface area contributed by atoms with E-state index in [1.807, 2.05) is 62.4 Å². The highest BCUT2D eigenvalue weighted by Gasteiger charge is 2.15. The lowest BCUT2D eigenvalue weighted by atomic mass is 10.0. The van der Waals surface area contributed by atoms with Crippen molar-refractivity contribution in [2.24, 2.45) is 0 Å². The number of hydrogen-bond acceptors (Lipinski definition) is 2. The van der Waals surface area contributed by atoms with E-state index >= 15 is 0 Å². The molecule has 0 radical (unpaired) electrons. The van der Waals surface area contributed by atoms with Crippen molar-refractivity contribution in [3.63, 3.8) is 0 Å². The van der Waals surface area contributed by atoms with Crippen molar-refractivity contribution in [3.8, 4) is 11.1 Å². The Bertz CT molecular complexity index is 820. The van der Waals surface area contributed by atoms with Gasteiger partial charge in [0.1, 0.15) is 6.10 Å². The van der Waals surface area contributed by atoms with Crippen molar-refractivity contribution >= 4 is 5.97 Å². The minimum Gasteiger partial charge on any atom is -0.454 e. The third-order valence-corrected chi connectivity index (χ3v) is 4.14. The molecular formula is C22H20O2. The number of ether oxygens (including phenoxy) is 1. The maximum atomic E-state index is 12.3. The van der Waals surface area contributed by atoms with E-state index < -0.39 is 0 Å². The molecule has 3 rings (SSSR count). The first-order chi connectivity index (χ1) is 11.6. The van der Waals surface area contributed by atoms with Crippen LogP contribution in [0.25, 0.3) is 11.1 Å². The van der Waals surface area contributed by atoms with E-state index in [2.05, 4.69) is 24.3 Å². The Morgan fingerprint density at radius 2 is 1.38 bits per heavy atom. The number of aryl methyl sites for hydroxylation is 1. The number of benzene rings is 3. The maximum Gasteiger partial charge on any atom is 0.338 e. The predicted molar refractivity (Wildman–Crippen MR) is 96.9 cm³/mol. The molecule has 0 aliphatic rings. The van der Waals surface area contributed by atoms with Gasteiger partial charge in [-0.05, 0) is 42.2 Å². The number of hydrogen-bond donors (Lipinski definition) is 0. The second-order valence-corrected chi connectivity index (χ2v) is 5.85. The fraction of sp³-hybridized carbons (Fsp3) is 0.136. The number of carbonyl (C=O) groups is 1. The van der Waals surface area contributed by atoms with Crippen LogP contribution in [0.15, 0.2) is 78.9 Å². The lowest BCUT2D eigenvalue weighted by Crippen LogP contribution is -2.10. The van der Waals surface area contributed by atoms with Gasteiger partial charge in [-0.2, -0.15) is 0 Å². The molecule has 2 nitrogen and oxygen atoms in total. The summed E-state index contributed by atoms with van der Waals surface area (Å²) in [5.41, 5.74) is 4.85. The summed E-state index contributed by atoms with van der Waals surface area (Å²) in [6.07, 6.45) is -0.290. The van der Waals surface area contributed by atoms with E-state index in [1.165, 1.54) is 5.56 Å².